The van der Waals surface area contributed by atoms with Crippen LogP contribution < -0.4 is 5.32 Å². The zero-order chi connectivity index (χ0) is 10.7. The summed E-state index contributed by atoms with van der Waals surface area (Å²) in [5.74, 6) is 0.821. The van der Waals surface area contributed by atoms with Crippen molar-refractivity contribution in [2.45, 2.75) is 32.6 Å². The molecule has 1 aromatic heterocycles. The van der Waals surface area contributed by atoms with Gasteiger partial charge < -0.3 is 5.32 Å². The Labute approximate surface area is 96.1 Å². The molecule has 0 amide bonds. The van der Waals surface area contributed by atoms with Crippen LogP contribution in [0.4, 0.5) is 5.69 Å². The first-order chi connectivity index (χ1) is 7.25. The molecular weight excluding hydrogens is 208 g/mol. The minimum Gasteiger partial charge on any atom is -0.382 e. The molecule has 1 N–H and O–H groups in total. The molecule has 0 saturated heterocycles. The monoisotopic (exact) mass is 224 g/mol. The molecule has 0 aliphatic heterocycles. The molecule has 1 aliphatic carbocycles. The minimum absolute atomic E-state index is 0.582. The van der Waals surface area contributed by atoms with E-state index in [0.29, 0.717) is 5.15 Å². The molecule has 2 rings (SSSR count). The highest BCUT2D eigenvalue weighted by molar-refractivity contribution is 6.31. The molecule has 2 nitrogen and oxygen atoms in total. The number of aromatic nitrogens is 1. The third-order valence-corrected chi connectivity index (χ3v) is 3.33. The van der Waals surface area contributed by atoms with Crippen molar-refractivity contribution in [3.05, 3.63) is 23.0 Å². The van der Waals surface area contributed by atoms with Crippen molar-refractivity contribution in [3.8, 4) is 0 Å². The maximum absolute atomic E-state index is 6.01. The third-order valence-electron chi connectivity index (χ3n) is 3.03. The molecule has 0 unspecified atom stereocenters. The van der Waals surface area contributed by atoms with E-state index in [9.17, 15) is 0 Å². The van der Waals surface area contributed by atoms with E-state index in [4.69, 9.17) is 11.6 Å². The van der Waals surface area contributed by atoms with Crippen molar-refractivity contribution in [1.29, 1.82) is 0 Å². The molecule has 0 radical (unpaired) electrons. The Morgan fingerprint density at radius 2 is 2.20 bits per heavy atom. The highest BCUT2D eigenvalue weighted by Crippen LogP contribution is 2.26. The number of aryl methyl sites for hydroxylation is 1. The summed E-state index contributed by atoms with van der Waals surface area (Å²) in [6.45, 7) is 3.06. The van der Waals surface area contributed by atoms with Crippen molar-refractivity contribution in [2.24, 2.45) is 5.92 Å². The van der Waals surface area contributed by atoms with Gasteiger partial charge in [0.1, 0.15) is 0 Å². The van der Waals surface area contributed by atoms with Crippen LogP contribution in [0.5, 0.6) is 0 Å². The fraction of sp³-hybridized carbons (Fsp3) is 0.583. The number of rotatable bonds is 3. The normalized spacial score (nSPS) is 16.9. The summed E-state index contributed by atoms with van der Waals surface area (Å²) in [6, 6.07) is 2.06. The molecule has 0 aromatic carbocycles. The van der Waals surface area contributed by atoms with Gasteiger partial charge in [0.2, 0.25) is 0 Å². The van der Waals surface area contributed by atoms with Gasteiger partial charge in [0.05, 0.1) is 5.69 Å². The molecule has 0 spiro atoms. The number of halogens is 1. The Kier molecular flexibility index (Phi) is 3.47. The van der Waals surface area contributed by atoms with Crippen LogP contribution in [-0.2, 0) is 0 Å². The fourth-order valence-corrected chi connectivity index (χ4v) is 2.32. The van der Waals surface area contributed by atoms with Gasteiger partial charge in [-0.05, 0) is 37.3 Å². The Hall–Kier alpha value is -0.760. The van der Waals surface area contributed by atoms with Gasteiger partial charge in [-0.25, -0.2) is 4.98 Å². The molecule has 1 aliphatic rings. The molecule has 82 valence electrons. The maximum atomic E-state index is 6.01. The molecule has 1 aromatic rings. The van der Waals surface area contributed by atoms with Gasteiger partial charge in [-0.15, -0.1) is 0 Å². The quantitative estimate of drug-likeness (QED) is 0.793. The number of hydrogen-bond donors (Lipinski definition) is 1. The van der Waals surface area contributed by atoms with Gasteiger partial charge >= 0.3 is 0 Å². The summed E-state index contributed by atoms with van der Waals surface area (Å²) in [5, 5.41) is 3.98. The SMILES string of the molecule is Cc1cnc(Cl)c(NCC2CCCC2)c1. The number of anilines is 1. The molecule has 15 heavy (non-hydrogen) atoms. The summed E-state index contributed by atoms with van der Waals surface area (Å²) < 4.78 is 0. The van der Waals surface area contributed by atoms with Crippen molar-refractivity contribution >= 4 is 17.3 Å². The Balaban J connectivity index is 1.94. The van der Waals surface area contributed by atoms with E-state index >= 15 is 0 Å². The number of pyridine rings is 1. The van der Waals surface area contributed by atoms with Crippen LogP contribution in [0.25, 0.3) is 0 Å². The minimum atomic E-state index is 0.582. The zero-order valence-corrected chi connectivity index (χ0v) is 9.85. The van der Waals surface area contributed by atoms with Gasteiger partial charge in [-0.1, -0.05) is 24.4 Å². The van der Waals surface area contributed by atoms with Crippen LogP contribution in [0.1, 0.15) is 31.2 Å². The van der Waals surface area contributed by atoms with Gasteiger partial charge in [-0.3, -0.25) is 0 Å². The molecule has 1 saturated carbocycles. The van der Waals surface area contributed by atoms with Crippen molar-refractivity contribution in [1.82, 2.24) is 4.98 Å². The lowest BCUT2D eigenvalue weighted by molar-refractivity contribution is 0.580. The number of nitrogens with one attached hydrogen (secondary N) is 1. The predicted octanol–water partition coefficient (Wildman–Crippen LogP) is 3.65. The summed E-state index contributed by atoms with van der Waals surface area (Å²) in [4.78, 5) is 4.13. The second-order valence-corrected chi connectivity index (χ2v) is 4.74. The van der Waals surface area contributed by atoms with E-state index < -0.39 is 0 Å². The van der Waals surface area contributed by atoms with Crippen molar-refractivity contribution in [2.75, 3.05) is 11.9 Å². The summed E-state index contributed by atoms with van der Waals surface area (Å²) >= 11 is 6.01. The van der Waals surface area contributed by atoms with Crippen LogP contribution in [0.3, 0.4) is 0 Å². The number of nitrogens with zero attached hydrogens (tertiary/aromatic N) is 1. The molecule has 1 fully saturated rings. The lowest BCUT2D eigenvalue weighted by Crippen LogP contribution is -2.11. The maximum Gasteiger partial charge on any atom is 0.152 e. The average Bonchev–Trinajstić information content (AvgIpc) is 2.72. The summed E-state index contributed by atoms with van der Waals surface area (Å²) in [7, 11) is 0. The van der Waals surface area contributed by atoms with Gasteiger partial charge in [-0.2, -0.15) is 0 Å². The van der Waals surface area contributed by atoms with Gasteiger partial charge in [0, 0.05) is 12.7 Å². The molecule has 1 heterocycles. The zero-order valence-electron chi connectivity index (χ0n) is 9.09. The lowest BCUT2D eigenvalue weighted by atomic mass is 10.1. The fourth-order valence-electron chi connectivity index (χ4n) is 2.15. The van der Waals surface area contributed by atoms with Crippen LogP contribution in [0.2, 0.25) is 5.15 Å². The standard InChI is InChI=1S/C12H17ClN2/c1-9-6-11(12(13)15-7-9)14-8-10-4-2-3-5-10/h6-7,10,14H,2-5,8H2,1H3. The topological polar surface area (TPSA) is 24.9 Å². The van der Waals surface area contributed by atoms with E-state index in [0.717, 1.165) is 23.7 Å². The summed E-state index contributed by atoms with van der Waals surface area (Å²) in [6.07, 6.45) is 7.26. The summed E-state index contributed by atoms with van der Waals surface area (Å²) in [5.41, 5.74) is 2.12. The first-order valence-electron chi connectivity index (χ1n) is 5.62. The van der Waals surface area contributed by atoms with Crippen molar-refractivity contribution in [3.63, 3.8) is 0 Å². The number of hydrogen-bond acceptors (Lipinski definition) is 2. The Morgan fingerprint density at radius 3 is 2.93 bits per heavy atom. The lowest BCUT2D eigenvalue weighted by Gasteiger charge is -2.12. The van der Waals surface area contributed by atoms with E-state index in [1.165, 1.54) is 25.7 Å². The van der Waals surface area contributed by atoms with Gasteiger partial charge in [0.25, 0.3) is 0 Å². The first kappa shape index (κ1) is 10.7. The van der Waals surface area contributed by atoms with E-state index in [2.05, 4.69) is 16.4 Å². The third kappa shape index (κ3) is 2.85. The molecular formula is C12H17ClN2. The highest BCUT2D eigenvalue weighted by atomic mass is 35.5. The Morgan fingerprint density at radius 1 is 1.47 bits per heavy atom. The predicted molar refractivity (Wildman–Crippen MR) is 64.4 cm³/mol. The Bertz CT molecular complexity index is 332. The smallest absolute Gasteiger partial charge is 0.152 e. The average molecular weight is 225 g/mol. The van der Waals surface area contributed by atoms with E-state index in [1.54, 1.807) is 6.20 Å². The van der Waals surface area contributed by atoms with E-state index in [1.807, 2.05) is 6.92 Å². The molecule has 0 bridgehead atoms. The molecule has 3 heteroatoms. The largest absolute Gasteiger partial charge is 0.382 e. The van der Waals surface area contributed by atoms with E-state index in [-0.39, 0.29) is 0 Å². The van der Waals surface area contributed by atoms with Crippen LogP contribution >= 0.6 is 11.6 Å². The van der Waals surface area contributed by atoms with Crippen LogP contribution in [-0.4, -0.2) is 11.5 Å². The second-order valence-electron chi connectivity index (χ2n) is 4.38. The highest BCUT2D eigenvalue weighted by Gasteiger charge is 2.14. The van der Waals surface area contributed by atoms with Crippen LogP contribution in [0.15, 0.2) is 12.3 Å². The van der Waals surface area contributed by atoms with Gasteiger partial charge in [0.15, 0.2) is 5.15 Å². The first-order valence-corrected chi connectivity index (χ1v) is 5.99. The second kappa shape index (κ2) is 4.84. The molecule has 0 atom stereocenters. The van der Waals surface area contributed by atoms with Crippen molar-refractivity contribution < 1.29 is 0 Å². The van der Waals surface area contributed by atoms with Crippen LogP contribution in [0, 0.1) is 12.8 Å².